The molecule has 20 heavy (non-hydrogen) atoms. The van der Waals surface area contributed by atoms with Crippen LogP contribution >= 0.6 is 11.6 Å². The molecular formula is C16H20ClN3. The number of nitrogens with zero attached hydrogens (tertiary/aromatic N) is 2. The number of benzene rings is 1. The van der Waals surface area contributed by atoms with Crippen LogP contribution in [0.4, 0.5) is 5.69 Å². The lowest BCUT2D eigenvalue weighted by molar-refractivity contribution is 0.803. The molecule has 0 aliphatic rings. The van der Waals surface area contributed by atoms with Gasteiger partial charge < -0.3 is 10.2 Å². The molecule has 1 heterocycles. The zero-order valence-corrected chi connectivity index (χ0v) is 12.7. The average Bonchev–Trinajstić information content (AvgIpc) is 2.47. The minimum absolute atomic E-state index is 0.766. The Hall–Kier alpha value is -1.58. The number of halogens is 1. The Morgan fingerprint density at radius 2 is 2.10 bits per heavy atom. The van der Waals surface area contributed by atoms with Gasteiger partial charge in [0.2, 0.25) is 0 Å². The van der Waals surface area contributed by atoms with Crippen LogP contribution in [0, 0.1) is 0 Å². The normalized spacial score (nSPS) is 10.6. The van der Waals surface area contributed by atoms with E-state index < -0.39 is 0 Å². The predicted octanol–water partition coefficient (Wildman–Crippen LogP) is 3.48. The summed E-state index contributed by atoms with van der Waals surface area (Å²) >= 11 is 6.42. The first-order chi connectivity index (χ1) is 9.74. The molecule has 0 radical (unpaired) electrons. The van der Waals surface area contributed by atoms with Crippen LogP contribution in [0.3, 0.4) is 0 Å². The van der Waals surface area contributed by atoms with Crippen molar-refractivity contribution in [3.8, 4) is 0 Å². The van der Waals surface area contributed by atoms with E-state index in [4.69, 9.17) is 11.6 Å². The van der Waals surface area contributed by atoms with Crippen LogP contribution in [0.25, 0.3) is 0 Å². The molecule has 2 aromatic rings. The van der Waals surface area contributed by atoms with E-state index in [0.29, 0.717) is 0 Å². The quantitative estimate of drug-likeness (QED) is 0.882. The lowest BCUT2D eigenvalue weighted by Crippen LogP contribution is -2.23. The number of rotatable bonds is 6. The number of anilines is 1. The summed E-state index contributed by atoms with van der Waals surface area (Å²) in [5.41, 5.74) is 3.29. The van der Waals surface area contributed by atoms with E-state index in [9.17, 15) is 0 Å². The van der Waals surface area contributed by atoms with Crippen LogP contribution in [0.15, 0.2) is 42.6 Å². The molecule has 1 N–H and O–H groups in total. The zero-order chi connectivity index (χ0) is 14.4. The molecule has 0 spiro atoms. The number of hydrogen-bond acceptors (Lipinski definition) is 3. The number of hydrogen-bond donors (Lipinski definition) is 1. The summed E-state index contributed by atoms with van der Waals surface area (Å²) in [6, 6.07) is 12.2. The van der Waals surface area contributed by atoms with E-state index in [-0.39, 0.29) is 0 Å². The third kappa shape index (κ3) is 3.71. The summed E-state index contributed by atoms with van der Waals surface area (Å²) in [6.45, 7) is 4.61. The Morgan fingerprint density at radius 3 is 2.70 bits per heavy atom. The maximum atomic E-state index is 6.42. The van der Waals surface area contributed by atoms with Gasteiger partial charge in [-0.05, 0) is 43.8 Å². The van der Waals surface area contributed by atoms with E-state index >= 15 is 0 Å². The second-order valence-corrected chi connectivity index (χ2v) is 5.06. The van der Waals surface area contributed by atoms with Crippen LogP contribution in [0.2, 0.25) is 5.02 Å². The Kier molecular flexibility index (Phi) is 5.39. The molecule has 2 rings (SSSR count). The van der Waals surface area contributed by atoms with Crippen molar-refractivity contribution in [2.45, 2.75) is 20.0 Å². The maximum absolute atomic E-state index is 6.42. The molecule has 0 saturated heterocycles. The SMILES string of the molecule is CCN(Cc1ccccn1)c1ccc(CNC)cc1Cl. The molecule has 0 aliphatic heterocycles. The highest BCUT2D eigenvalue weighted by atomic mass is 35.5. The molecule has 3 nitrogen and oxygen atoms in total. The third-order valence-corrected chi connectivity index (χ3v) is 3.50. The molecule has 0 aliphatic carbocycles. The van der Waals surface area contributed by atoms with Crippen molar-refractivity contribution >= 4 is 17.3 Å². The molecule has 0 fully saturated rings. The molecular weight excluding hydrogens is 270 g/mol. The minimum Gasteiger partial charge on any atom is -0.365 e. The van der Waals surface area contributed by atoms with Gasteiger partial charge in [-0.1, -0.05) is 23.7 Å². The highest BCUT2D eigenvalue weighted by Gasteiger charge is 2.10. The van der Waals surface area contributed by atoms with E-state index in [1.807, 2.05) is 37.5 Å². The topological polar surface area (TPSA) is 28.2 Å². The van der Waals surface area contributed by atoms with Crippen molar-refractivity contribution < 1.29 is 0 Å². The fourth-order valence-electron chi connectivity index (χ4n) is 2.18. The predicted molar refractivity (Wildman–Crippen MR) is 85.2 cm³/mol. The van der Waals surface area contributed by atoms with Gasteiger partial charge >= 0.3 is 0 Å². The molecule has 4 heteroatoms. The third-order valence-electron chi connectivity index (χ3n) is 3.19. The molecule has 1 aromatic heterocycles. The van der Waals surface area contributed by atoms with Crippen molar-refractivity contribution in [3.05, 3.63) is 58.9 Å². The molecule has 0 bridgehead atoms. The molecule has 0 atom stereocenters. The smallest absolute Gasteiger partial charge is 0.0642 e. The molecule has 1 aromatic carbocycles. The maximum Gasteiger partial charge on any atom is 0.0642 e. The standard InChI is InChI=1S/C16H20ClN3/c1-3-20(12-14-6-4-5-9-19-14)16-8-7-13(11-18-2)10-15(16)17/h4-10,18H,3,11-12H2,1-2H3. The largest absolute Gasteiger partial charge is 0.365 e. The zero-order valence-electron chi connectivity index (χ0n) is 11.9. The molecule has 0 amide bonds. The first-order valence-electron chi connectivity index (χ1n) is 6.82. The van der Waals surface area contributed by atoms with Crippen molar-refractivity contribution in [1.29, 1.82) is 0 Å². The van der Waals surface area contributed by atoms with E-state index in [1.54, 1.807) is 0 Å². The van der Waals surface area contributed by atoms with E-state index in [1.165, 1.54) is 5.56 Å². The van der Waals surface area contributed by atoms with Crippen molar-refractivity contribution in [1.82, 2.24) is 10.3 Å². The highest BCUT2D eigenvalue weighted by molar-refractivity contribution is 6.33. The van der Waals surface area contributed by atoms with Crippen molar-refractivity contribution in [2.24, 2.45) is 0 Å². The second kappa shape index (κ2) is 7.27. The number of pyridine rings is 1. The van der Waals surface area contributed by atoms with Gasteiger partial charge in [0.1, 0.15) is 0 Å². The van der Waals surface area contributed by atoms with Gasteiger partial charge in [0.15, 0.2) is 0 Å². The Bertz CT molecular complexity index is 543. The summed E-state index contributed by atoms with van der Waals surface area (Å²) in [6.07, 6.45) is 1.82. The van der Waals surface area contributed by atoms with Gasteiger partial charge in [-0.3, -0.25) is 4.98 Å². The highest BCUT2D eigenvalue weighted by Crippen LogP contribution is 2.27. The van der Waals surface area contributed by atoms with E-state index in [0.717, 1.165) is 36.0 Å². The summed E-state index contributed by atoms with van der Waals surface area (Å²) in [4.78, 5) is 6.60. The average molecular weight is 290 g/mol. The minimum atomic E-state index is 0.766. The summed E-state index contributed by atoms with van der Waals surface area (Å²) in [7, 11) is 1.93. The lowest BCUT2D eigenvalue weighted by Gasteiger charge is -2.24. The van der Waals surface area contributed by atoms with Crippen LogP contribution < -0.4 is 10.2 Å². The summed E-state index contributed by atoms with van der Waals surface area (Å²) in [5, 5.41) is 3.92. The van der Waals surface area contributed by atoms with Gasteiger partial charge in [-0.2, -0.15) is 0 Å². The fraction of sp³-hybridized carbons (Fsp3) is 0.312. The van der Waals surface area contributed by atoms with Crippen LogP contribution in [0.5, 0.6) is 0 Å². The fourth-order valence-corrected chi connectivity index (χ4v) is 2.50. The van der Waals surface area contributed by atoms with Crippen molar-refractivity contribution in [2.75, 3.05) is 18.5 Å². The van der Waals surface area contributed by atoms with E-state index in [2.05, 4.69) is 34.3 Å². The van der Waals surface area contributed by atoms with Gasteiger partial charge in [-0.15, -0.1) is 0 Å². The Labute approximate surface area is 125 Å². The summed E-state index contributed by atoms with van der Waals surface area (Å²) in [5.74, 6) is 0. The molecule has 106 valence electrons. The van der Waals surface area contributed by atoms with Gasteiger partial charge in [0.25, 0.3) is 0 Å². The van der Waals surface area contributed by atoms with Crippen LogP contribution in [-0.4, -0.2) is 18.6 Å². The Morgan fingerprint density at radius 1 is 1.25 bits per heavy atom. The lowest BCUT2D eigenvalue weighted by atomic mass is 10.2. The molecule has 0 saturated carbocycles. The number of nitrogens with one attached hydrogen (secondary N) is 1. The van der Waals surface area contributed by atoms with Gasteiger partial charge in [0.05, 0.1) is 22.9 Å². The van der Waals surface area contributed by atoms with Crippen LogP contribution in [-0.2, 0) is 13.1 Å². The summed E-state index contributed by atoms with van der Waals surface area (Å²) < 4.78 is 0. The van der Waals surface area contributed by atoms with Gasteiger partial charge in [-0.25, -0.2) is 0 Å². The second-order valence-electron chi connectivity index (χ2n) is 4.65. The molecule has 0 unspecified atom stereocenters. The van der Waals surface area contributed by atoms with Crippen LogP contribution in [0.1, 0.15) is 18.2 Å². The first kappa shape index (κ1) is 14.8. The first-order valence-corrected chi connectivity index (χ1v) is 7.20. The van der Waals surface area contributed by atoms with Crippen molar-refractivity contribution in [3.63, 3.8) is 0 Å². The monoisotopic (exact) mass is 289 g/mol. The number of aromatic nitrogens is 1. The van der Waals surface area contributed by atoms with Gasteiger partial charge in [0, 0.05) is 19.3 Å². The Balaban J connectivity index is 2.19.